The van der Waals surface area contributed by atoms with E-state index in [1.807, 2.05) is 0 Å². The summed E-state index contributed by atoms with van der Waals surface area (Å²) in [7, 11) is -4.88. The highest BCUT2D eigenvalue weighted by Gasteiger charge is 2.57. The number of carbonyl (C=O) groups is 2. The molecule has 0 aliphatic rings. The molecule has 0 rings (SSSR count). The summed E-state index contributed by atoms with van der Waals surface area (Å²) in [5.41, 5.74) is 0. The van der Waals surface area contributed by atoms with Gasteiger partial charge in [-0.15, -0.1) is 0 Å². The van der Waals surface area contributed by atoms with E-state index in [-0.39, 0.29) is 13.2 Å². The predicted molar refractivity (Wildman–Crippen MR) is 62.9 cm³/mol. The van der Waals surface area contributed by atoms with E-state index >= 15 is 0 Å². The minimum Gasteiger partial charge on any atom is -0.466 e. The van der Waals surface area contributed by atoms with Crippen LogP contribution in [0.4, 0.5) is 0 Å². The summed E-state index contributed by atoms with van der Waals surface area (Å²) in [5.74, 6) is -3.27. The molecular weight excluding hydrogens is 263 g/mol. The van der Waals surface area contributed by atoms with Crippen molar-refractivity contribution in [1.82, 2.24) is 0 Å². The Morgan fingerprint density at radius 2 is 1.67 bits per heavy atom. The molecule has 0 aliphatic carbocycles. The van der Waals surface area contributed by atoms with Gasteiger partial charge in [0.2, 0.25) is 0 Å². The molecule has 0 radical (unpaired) electrons. The Morgan fingerprint density at radius 3 is 2.00 bits per heavy atom. The van der Waals surface area contributed by atoms with Crippen molar-refractivity contribution in [2.75, 3.05) is 13.2 Å². The van der Waals surface area contributed by atoms with Crippen molar-refractivity contribution < 1.29 is 33.4 Å². The molecule has 0 heterocycles. The maximum absolute atomic E-state index is 11.7. The van der Waals surface area contributed by atoms with Crippen LogP contribution in [0.15, 0.2) is 0 Å². The van der Waals surface area contributed by atoms with Gasteiger partial charge in [0, 0.05) is 0 Å². The first-order valence-corrected chi connectivity index (χ1v) is 7.13. The quantitative estimate of drug-likeness (QED) is 0.544. The fourth-order valence-corrected chi connectivity index (χ4v) is 2.23. The highest BCUT2D eigenvalue weighted by atomic mass is 31.2. The monoisotopic (exact) mass is 282 g/mol. The molecule has 18 heavy (non-hydrogen) atoms. The molecule has 0 amide bonds. The van der Waals surface area contributed by atoms with E-state index in [9.17, 15) is 23.9 Å². The number of ether oxygens (including phenoxy) is 2. The Labute approximate surface area is 106 Å². The molecule has 0 aromatic heterocycles. The summed E-state index contributed by atoms with van der Waals surface area (Å²) in [5, 5.41) is -2.24. The average molecular weight is 282 g/mol. The van der Waals surface area contributed by atoms with Crippen molar-refractivity contribution in [1.29, 1.82) is 0 Å². The molecule has 0 saturated carbocycles. The Kier molecular flexibility index (Phi) is 5.99. The van der Waals surface area contributed by atoms with E-state index in [1.54, 1.807) is 6.92 Å². The van der Waals surface area contributed by atoms with Crippen LogP contribution in [-0.4, -0.2) is 40.1 Å². The van der Waals surface area contributed by atoms with Gasteiger partial charge in [-0.25, -0.2) is 0 Å². The van der Waals surface area contributed by atoms with Gasteiger partial charge >= 0.3 is 19.5 Å². The summed E-state index contributed by atoms with van der Waals surface area (Å²) in [6.07, 6.45) is 0. The Bertz CT molecular complexity index is 361. The van der Waals surface area contributed by atoms with Gasteiger partial charge in [-0.05, 0) is 20.8 Å². The third kappa shape index (κ3) is 3.31. The lowest BCUT2D eigenvalue weighted by Crippen LogP contribution is -2.46. The second kappa shape index (κ2) is 6.31. The molecule has 2 unspecified atom stereocenters. The van der Waals surface area contributed by atoms with Crippen LogP contribution in [0.5, 0.6) is 0 Å². The lowest BCUT2D eigenvalue weighted by atomic mass is 9.95. The molecule has 7 nitrogen and oxygen atoms in total. The van der Waals surface area contributed by atoms with Crippen LogP contribution < -0.4 is 0 Å². The molecule has 0 spiro atoms. The summed E-state index contributed by atoms with van der Waals surface area (Å²) in [6, 6.07) is 0. The van der Waals surface area contributed by atoms with Crippen molar-refractivity contribution in [3.63, 3.8) is 0 Å². The first-order valence-electron chi connectivity index (χ1n) is 5.52. The maximum atomic E-state index is 11.7. The molecule has 2 N–H and O–H groups in total. The first kappa shape index (κ1) is 17.1. The van der Waals surface area contributed by atoms with Gasteiger partial charge in [-0.2, -0.15) is 0 Å². The van der Waals surface area contributed by atoms with E-state index in [2.05, 4.69) is 9.47 Å². The van der Waals surface area contributed by atoms with E-state index in [4.69, 9.17) is 0 Å². The van der Waals surface area contributed by atoms with Gasteiger partial charge in [0.25, 0.3) is 0 Å². The average Bonchev–Trinajstić information content (AvgIpc) is 2.25. The predicted octanol–water partition coefficient (Wildman–Crippen LogP) is 0.685. The summed E-state index contributed by atoms with van der Waals surface area (Å²) >= 11 is 0. The third-order valence-corrected chi connectivity index (χ3v) is 4.56. The molecule has 0 aromatic carbocycles. The SMILES string of the molecule is CCOC(=O)C(C)C(C)(C(=O)OCC)P(=O)(O)O. The molecule has 106 valence electrons. The van der Waals surface area contributed by atoms with Crippen LogP contribution in [0, 0.1) is 5.92 Å². The summed E-state index contributed by atoms with van der Waals surface area (Å²) in [6.45, 7) is 5.32. The molecule has 2 atom stereocenters. The van der Waals surface area contributed by atoms with Crippen LogP contribution in [0.25, 0.3) is 0 Å². The minimum atomic E-state index is -4.88. The molecule has 0 aliphatic heterocycles. The smallest absolute Gasteiger partial charge is 0.343 e. The number of rotatable bonds is 6. The van der Waals surface area contributed by atoms with Gasteiger partial charge < -0.3 is 19.3 Å². The zero-order valence-corrected chi connectivity index (χ0v) is 11.8. The van der Waals surface area contributed by atoms with Gasteiger partial charge in [-0.3, -0.25) is 14.2 Å². The number of esters is 2. The molecular formula is C10H19O7P. The minimum absolute atomic E-state index is 0.0377. The van der Waals surface area contributed by atoms with Gasteiger partial charge in [0.1, 0.15) is 0 Å². The van der Waals surface area contributed by atoms with E-state index in [0.717, 1.165) is 6.92 Å². The topological polar surface area (TPSA) is 110 Å². The fourth-order valence-electron chi connectivity index (χ4n) is 1.32. The van der Waals surface area contributed by atoms with Gasteiger partial charge in [-0.1, -0.05) is 6.92 Å². The largest absolute Gasteiger partial charge is 0.466 e. The van der Waals surface area contributed by atoms with Crippen molar-refractivity contribution in [3.05, 3.63) is 0 Å². The van der Waals surface area contributed by atoms with Crippen LogP contribution in [0.1, 0.15) is 27.7 Å². The highest BCUT2D eigenvalue weighted by molar-refractivity contribution is 7.54. The summed E-state index contributed by atoms with van der Waals surface area (Å²) < 4.78 is 20.8. The van der Waals surface area contributed by atoms with Crippen molar-refractivity contribution >= 4 is 19.5 Å². The van der Waals surface area contributed by atoms with Crippen molar-refractivity contribution in [2.24, 2.45) is 5.92 Å². The fraction of sp³-hybridized carbons (Fsp3) is 0.800. The normalized spacial score (nSPS) is 16.6. The Balaban J connectivity index is 5.43. The first-order chi connectivity index (χ1) is 8.12. The van der Waals surface area contributed by atoms with Crippen LogP contribution in [-0.2, 0) is 23.6 Å². The maximum Gasteiger partial charge on any atom is 0.343 e. The van der Waals surface area contributed by atoms with Gasteiger partial charge in [0.15, 0.2) is 5.16 Å². The molecule has 0 aromatic rings. The summed E-state index contributed by atoms with van der Waals surface area (Å²) in [4.78, 5) is 42.0. The van der Waals surface area contributed by atoms with Gasteiger partial charge in [0.05, 0.1) is 19.1 Å². The van der Waals surface area contributed by atoms with E-state index in [1.165, 1.54) is 13.8 Å². The molecule has 0 bridgehead atoms. The molecule has 0 saturated heterocycles. The van der Waals surface area contributed by atoms with Crippen LogP contribution in [0.2, 0.25) is 0 Å². The van der Waals surface area contributed by atoms with Crippen molar-refractivity contribution in [3.8, 4) is 0 Å². The second-order valence-electron chi connectivity index (χ2n) is 3.89. The van der Waals surface area contributed by atoms with Crippen LogP contribution in [0.3, 0.4) is 0 Å². The number of hydrogen-bond acceptors (Lipinski definition) is 5. The van der Waals surface area contributed by atoms with Crippen LogP contribution >= 0.6 is 7.60 Å². The lowest BCUT2D eigenvalue weighted by molar-refractivity contribution is -0.157. The highest BCUT2D eigenvalue weighted by Crippen LogP contribution is 2.55. The lowest BCUT2D eigenvalue weighted by Gasteiger charge is -2.31. The van der Waals surface area contributed by atoms with Crippen molar-refractivity contribution in [2.45, 2.75) is 32.9 Å². The molecule has 8 heteroatoms. The zero-order valence-electron chi connectivity index (χ0n) is 10.9. The third-order valence-electron chi connectivity index (χ3n) is 2.78. The number of carbonyl (C=O) groups excluding carboxylic acids is 2. The Morgan fingerprint density at radius 1 is 1.22 bits per heavy atom. The second-order valence-corrected chi connectivity index (χ2v) is 5.90. The van der Waals surface area contributed by atoms with E-state index < -0.39 is 30.6 Å². The zero-order chi connectivity index (χ0) is 14.6. The standard InChI is InChI=1S/C10H19O7P/c1-5-16-8(11)7(3)10(4,18(13,14)15)9(12)17-6-2/h7H,5-6H2,1-4H3,(H2,13,14,15). The number of hydrogen-bond donors (Lipinski definition) is 2. The Hall–Kier alpha value is -0.910. The molecule has 0 fully saturated rings. The van der Waals surface area contributed by atoms with E-state index in [0.29, 0.717) is 0 Å².